The minimum atomic E-state index is -2.88. The van der Waals surface area contributed by atoms with E-state index in [-0.39, 0.29) is 24.2 Å². The van der Waals surface area contributed by atoms with Crippen molar-refractivity contribution in [1.82, 2.24) is 5.32 Å². The lowest BCUT2D eigenvalue weighted by Crippen LogP contribution is -2.35. The van der Waals surface area contributed by atoms with Gasteiger partial charge < -0.3 is 15.2 Å². The second kappa shape index (κ2) is 7.91. The van der Waals surface area contributed by atoms with Crippen LogP contribution in [-0.4, -0.2) is 49.5 Å². The Hall–Kier alpha value is -0.400. The number of thiocarbonyl (C=S) groups is 1. The third-order valence-electron chi connectivity index (χ3n) is 2.84. The first-order valence-electron chi connectivity index (χ1n) is 6.28. The predicted octanol–water partition coefficient (Wildman–Crippen LogP) is 0.617. The van der Waals surface area contributed by atoms with Gasteiger partial charge in [-0.1, -0.05) is 6.42 Å². The van der Waals surface area contributed by atoms with E-state index in [1.807, 2.05) is 0 Å². The van der Waals surface area contributed by atoms with E-state index in [4.69, 9.17) is 22.1 Å². The summed E-state index contributed by atoms with van der Waals surface area (Å²) in [6.07, 6.45) is 4.30. The minimum absolute atomic E-state index is 0.100. The number of sulfone groups is 1. The molecule has 1 heterocycles. The van der Waals surface area contributed by atoms with Gasteiger partial charge in [0.05, 0.1) is 18.1 Å². The summed E-state index contributed by atoms with van der Waals surface area (Å²) >= 11 is 5.00. The molecule has 1 saturated heterocycles. The molecule has 106 valence electrons. The number of aliphatic hydroxyl groups excluding tert-OH is 1. The van der Waals surface area contributed by atoms with Gasteiger partial charge in [0.2, 0.25) is 0 Å². The van der Waals surface area contributed by atoms with Gasteiger partial charge in [-0.15, -0.1) is 0 Å². The van der Waals surface area contributed by atoms with Crippen molar-refractivity contribution in [3.05, 3.63) is 0 Å². The maximum Gasteiger partial charge on any atom is 0.256 e. The smallest absolute Gasteiger partial charge is 0.256 e. The molecule has 2 N–H and O–H groups in total. The van der Waals surface area contributed by atoms with E-state index in [0.29, 0.717) is 18.2 Å². The van der Waals surface area contributed by atoms with Crippen molar-refractivity contribution in [2.75, 3.05) is 24.7 Å². The number of hydrogen-bond acceptors (Lipinski definition) is 5. The van der Waals surface area contributed by atoms with Crippen LogP contribution in [0.3, 0.4) is 0 Å². The molecular formula is C11H21NO4S2. The first-order chi connectivity index (χ1) is 8.53. The van der Waals surface area contributed by atoms with Crippen LogP contribution >= 0.6 is 12.2 Å². The highest BCUT2D eigenvalue weighted by Crippen LogP contribution is 2.11. The minimum Gasteiger partial charge on any atom is -0.471 e. The molecule has 1 aliphatic rings. The van der Waals surface area contributed by atoms with Crippen molar-refractivity contribution in [2.45, 2.75) is 38.1 Å². The van der Waals surface area contributed by atoms with E-state index in [1.54, 1.807) is 0 Å². The van der Waals surface area contributed by atoms with Crippen molar-refractivity contribution in [2.24, 2.45) is 0 Å². The summed E-state index contributed by atoms with van der Waals surface area (Å²) in [5.41, 5.74) is 0. The van der Waals surface area contributed by atoms with E-state index < -0.39 is 9.84 Å². The van der Waals surface area contributed by atoms with Crippen molar-refractivity contribution in [3.63, 3.8) is 0 Å². The van der Waals surface area contributed by atoms with Crippen LogP contribution in [0.1, 0.15) is 32.1 Å². The van der Waals surface area contributed by atoms with Crippen LogP contribution in [-0.2, 0) is 14.6 Å². The van der Waals surface area contributed by atoms with Gasteiger partial charge in [0.25, 0.3) is 5.17 Å². The van der Waals surface area contributed by atoms with Crippen molar-refractivity contribution >= 4 is 27.2 Å². The van der Waals surface area contributed by atoms with E-state index in [2.05, 4.69) is 5.32 Å². The number of hydrogen-bond donors (Lipinski definition) is 2. The lowest BCUT2D eigenvalue weighted by Gasteiger charge is -2.13. The highest BCUT2D eigenvalue weighted by Gasteiger charge is 2.28. The quantitative estimate of drug-likeness (QED) is 0.530. The van der Waals surface area contributed by atoms with Crippen LogP contribution in [0.5, 0.6) is 0 Å². The largest absolute Gasteiger partial charge is 0.471 e. The van der Waals surface area contributed by atoms with E-state index in [9.17, 15) is 8.42 Å². The topological polar surface area (TPSA) is 75.6 Å². The van der Waals surface area contributed by atoms with Gasteiger partial charge in [0.15, 0.2) is 9.84 Å². The van der Waals surface area contributed by atoms with E-state index in [0.717, 1.165) is 25.7 Å². The zero-order chi connectivity index (χ0) is 13.4. The average molecular weight is 295 g/mol. The molecule has 0 aromatic carbocycles. The molecule has 1 aliphatic heterocycles. The second-order valence-electron chi connectivity index (χ2n) is 4.52. The summed E-state index contributed by atoms with van der Waals surface area (Å²) in [6, 6.07) is -0.100. The Morgan fingerprint density at radius 3 is 2.67 bits per heavy atom. The molecule has 7 heteroatoms. The molecule has 1 rings (SSSR count). The molecule has 0 aliphatic carbocycles. The molecule has 1 atom stereocenters. The summed E-state index contributed by atoms with van der Waals surface area (Å²) in [5, 5.41) is 11.8. The Labute approximate surface area is 114 Å². The van der Waals surface area contributed by atoms with Crippen LogP contribution in [0.25, 0.3) is 0 Å². The van der Waals surface area contributed by atoms with Crippen LogP contribution in [0.15, 0.2) is 0 Å². The molecule has 0 radical (unpaired) electrons. The Balaban J connectivity index is 2.04. The molecule has 1 fully saturated rings. The normalized spacial score (nSPS) is 21.7. The van der Waals surface area contributed by atoms with Gasteiger partial charge in [-0.05, 0) is 37.9 Å². The fraction of sp³-hybridized carbons (Fsp3) is 0.909. The molecule has 0 aromatic heterocycles. The summed E-state index contributed by atoms with van der Waals surface area (Å²) in [4.78, 5) is 0. The van der Waals surface area contributed by atoms with Crippen molar-refractivity contribution in [1.29, 1.82) is 0 Å². The van der Waals surface area contributed by atoms with Crippen LogP contribution < -0.4 is 5.32 Å². The zero-order valence-corrected chi connectivity index (χ0v) is 12.1. The highest BCUT2D eigenvalue weighted by molar-refractivity contribution is 7.91. The number of ether oxygens (including phenoxy) is 1. The number of rotatable bonds is 7. The summed E-state index contributed by atoms with van der Waals surface area (Å²) in [5.74, 6) is 0.376. The fourth-order valence-corrected chi connectivity index (χ4v) is 3.77. The molecule has 0 spiro atoms. The third-order valence-corrected chi connectivity index (χ3v) is 4.84. The first-order valence-corrected chi connectivity index (χ1v) is 8.51. The standard InChI is InChI=1S/C11H21NO4S2/c13-6-3-1-2-4-7-16-11(17)12-10-5-8-18(14,15)9-10/h10,13H,1-9H2,(H,12,17). The average Bonchev–Trinajstić information content (AvgIpc) is 2.63. The van der Waals surface area contributed by atoms with Crippen LogP contribution in [0.2, 0.25) is 0 Å². The van der Waals surface area contributed by atoms with Gasteiger partial charge >= 0.3 is 0 Å². The monoisotopic (exact) mass is 295 g/mol. The van der Waals surface area contributed by atoms with Gasteiger partial charge in [-0.2, -0.15) is 0 Å². The fourth-order valence-electron chi connectivity index (χ4n) is 1.85. The predicted molar refractivity (Wildman–Crippen MR) is 74.3 cm³/mol. The van der Waals surface area contributed by atoms with Crippen molar-refractivity contribution < 1.29 is 18.3 Å². The number of aliphatic hydroxyl groups is 1. The molecule has 0 amide bonds. The van der Waals surface area contributed by atoms with Crippen LogP contribution in [0.4, 0.5) is 0 Å². The summed E-state index contributed by atoms with van der Waals surface area (Å²) in [6.45, 7) is 0.772. The lowest BCUT2D eigenvalue weighted by molar-refractivity contribution is 0.266. The maximum atomic E-state index is 11.2. The van der Waals surface area contributed by atoms with E-state index >= 15 is 0 Å². The Kier molecular flexibility index (Phi) is 6.88. The number of unbranched alkanes of at least 4 members (excludes halogenated alkanes) is 3. The maximum absolute atomic E-state index is 11.2. The molecule has 0 aromatic rings. The van der Waals surface area contributed by atoms with Gasteiger partial charge in [-0.3, -0.25) is 0 Å². The zero-order valence-electron chi connectivity index (χ0n) is 10.4. The van der Waals surface area contributed by atoms with Crippen molar-refractivity contribution in [3.8, 4) is 0 Å². The van der Waals surface area contributed by atoms with Gasteiger partial charge in [0.1, 0.15) is 0 Å². The van der Waals surface area contributed by atoms with Gasteiger partial charge in [0, 0.05) is 12.6 Å². The third kappa shape index (κ3) is 6.51. The van der Waals surface area contributed by atoms with Gasteiger partial charge in [-0.25, -0.2) is 8.42 Å². The SMILES string of the molecule is O=S1(=O)CCC(NC(=S)OCCCCCCO)C1. The summed E-state index contributed by atoms with van der Waals surface area (Å²) < 4.78 is 27.8. The molecular weight excluding hydrogens is 274 g/mol. The molecule has 0 saturated carbocycles. The second-order valence-corrected chi connectivity index (χ2v) is 7.12. The van der Waals surface area contributed by atoms with E-state index in [1.165, 1.54) is 0 Å². The molecule has 1 unspecified atom stereocenters. The summed E-state index contributed by atoms with van der Waals surface area (Å²) in [7, 11) is -2.88. The molecule has 18 heavy (non-hydrogen) atoms. The lowest BCUT2D eigenvalue weighted by atomic mass is 10.2. The molecule has 5 nitrogen and oxygen atoms in total. The number of nitrogens with one attached hydrogen (secondary N) is 1. The highest BCUT2D eigenvalue weighted by atomic mass is 32.2. The Morgan fingerprint density at radius 1 is 1.33 bits per heavy atom. The van der Waals surface area contributed by atoms with Crippen LogP contribution in [0, 0.1) is 0 Å². The Morgan fingerprint density at radius 2 is 2.06 bits per heavy atom. The first kappa shape index (κ1) is 15.7. The molecule has 0 bridgehead atoms. The Bertz CT molecular complexity index is 356.